The van der Waals surface area contributed by atoms with Crippen LogP contribution in [0.3, 0.4) is 0 Å². The van der Waals surface area contributed by atoms with Crippen molar-refractivity contribution in [3.63, 3.8) is 0 Å². The van der Waals surface area contributed by atoms with Crippen molar-refractivity contribution in [1.82, 2.24) is 10.6 Å². The maximum Gasteiger partial charge on any atom is 0.166 e. The lowest BCUT2D eigenvalue weighted by Crippen LogP contribution is -2.37. The molecule has 0 spiro atoms. The van der Waals surface area contributed by atoms with Crippen LogP contribution in [0.5, 0.6) is 0 Å². The van der Waals surface area contributed by atoms with Crippen LogP contribution in [-0.2, 0) is 17.8 Å². The smallest absolute Gasteiger partial charge is 0.166 e. The normalized spacial score (nSPS) is 10.4. The highest BCUT2D eigenvalue weighted by Gasteiger charge is 1.97. The van der Waals surface area contributed by atoms with Crippen molar-refractivity contribution in [2.24, 2.45) is 0 Å². The molecule has 0 amide bonds. The van der Waals surface area contributed by atoms with Crippen molar-refractivity contribution >= 4 is 17.3 Å². The van der Waals surface area contributed by atoms with E-state index in [-0.39, 0.29) is 0 Å². The van der Waals surface area contributed by atoms with Gasteiger partial charge in [-0.15, -0.1) is 0 Å². The van der Waals surface area contributed by atoms with E-state index in [1.165, 1.54) is 5.56 Å². The Balaban J connectivity index is 1.44. The van der Waals surface area contributed by atoms with Gasteiger partial charge in [0, 0.05) is 19.7 Å². The molecule has 0 aliphatic rings. The van der Waals surface area contributed by atoms with E-state index in [9.17, 15) is 0 Å². The third-order valence-corrected chi connectivity index (χ3v) is 3.41. The molecule has 0 bridgehead atoms. The molecule has 0 radical (unpaired) electrons. The predicted octanol–water partition coefficient (Wildman–Crippen LogP) is 2.89. The number of rotatable bonds is 9. The zero-order valence-corrected chi connectivity index (χ0v) is 13.4. The lowest BCUT2D eigenvalue weighted by molar-refractivity contribution is 0.105. The number of thiocarbonyl (C=S) groups is 1. The molecule has 0 atom stereocenters. The average molecular weight is 318 g/mol. The molecule has 2 aromatic rings. The van der Waals surface area contributed by atoms with Crippen LogP contribution in [0.2, 0.25) is 0 Å². The number of hydrogen-bond acceptors (Lipinski definition) is 3. The molecule has 0 aliphatic carbocycles. The van der Waals surface area contributed by atoms with E-state index in [2.05, 4.69) is 34.9 Å². The van der Waals surface area contributed by atoms with Crippen LogP contribution in [-0.4, -0.2) is 24.8 Å². The van der Waals surface area contributed by atoms with Crippen LogP contribution in [0.25, 0.3) is 0 Å². The lowest BCUT2D eigenvalue weighted by atomic mass is 10.1. The summed E-state index contributed by atoms with van der Waals surface area (Å²) in [7, 11) is 0. The molecule has 22 heavy (non-hydrogen) atoms. The summed E-state index contributed by atoms with van der Waals surface area (Å²) < 4.78 is 10.7. The molecule has 1 heterocycles. The van der Waals surface area contributed by atoms with Gasteiger partial charge in [-0.2, -0.15) is 0 Å². The maximum atomic E-state index is 5.50. The first kappa shape index (κ1) is 16.5. The fraction of sp³-hybridized carbons (Fsp3) is 0.353. The third kappa shape index (κ3) is 6.74. The molecule has 0 fully saturated rings. The van der Waals surface area contributed by atoms with Gasteiger partial charge in [0.1, 0.15) is 12.4 Å². The molecule has 4 nitrogen and oxygen atoms in total. The standard InChI is InChI=1S/C17H22N2O2S/c22-17(19-11-9-15-6-2-1-3-7-15)18-10-5-12-20-14-16-8-4-13-21-16/h1-4,6-8,13H,5,9-12,14H2,(H2,18,19,22). The van der Waals surface area contributed by atoms with E-state index in [0.717, 1.165) is 31.7 Å². The molecule has 1 aromatic carbocycles. The lowest BCUT2D eigenvalue weighted by Gasteiger charge is -2.10. The van der Waals surface area contributed by atoms with Gasteiger partial charge in [-0.25, -0.2) is 0 Å². The highest BCUT2D eigenvalue weighted by molar-refractivity contribution is 7.80. The van der Waals surface area contributed by atoms with E-state index >= 15 is 0 Å². The van der Waals surface area contributed by atoms with Gasteiger partial charge < -0.3 is 19.8 Å². The second-order valence-electron chi connectivity index (χ2n) is 4.90. The van der Waals surface area contributed by atoms with Gasteiger partial charge in [0.15, 0.2) is 5.11 Å². The zero-order valence-electron chi connectivity index (χ0n) is 12.6. The third-order valence-electron chi connectivity index (χ3n) is 3.12. The molecule has 118 valence electrons. The largest absolute Gasteiger partial charge is 0.467 e. The summed E-state index contributed by atoms with van der Waals surface area (Å²) >= 11 is 5.23. The minimum Gasteiger partial charge on any atom is -0.467 e. The van der Waals surface area contributed by atoms with E-state index in [1.54, 1.807) is 6.26 Å². The summed E-state index contributed by atoms with van der Waals surface area (Å²) in [6.45, 7) is 2.84. The van der Waals surface area contributed by atoms with E-state index in [4.69, 9.17) is 21.4 Å². The Morgan fingerprint density at radius 3 is 2.64 bits per heavy atom. The summed E-state index contributed by atoms with van der Waals surface area (Å²) in [4.78, 5) is 0. The van der Waals surface area contributed by atoms with Gasteiger partial charge in [-0.1, -0.05) is 30.3 Å². The molecule has 0 unspecified atom stereocenters. The summed E-state index contributed by atoms with van der Waals surface area (Å²) in [6.07, 6.45) is 3.52. The van der Waals surface area contributed by atoms with Gasteiger partial charge >= 0.3 is 0 Å². The second-order valence-corrected chi connectivity index (χ2v) is 5.31. The Morgan fingerprint density at radius 1 is 1.05 bits per heavy atom. The minimum absolute atomic E-state index is 0.521. The number of furan rings is 1. The van der Waals surface area contributed by atoms with Gasteiger partial charge in [0.25, 0.3) is 0 Å². The topological polar surface area (TPSA) is 46.4 Å². The molecule has 2 rings (SSSR count). The number of nitrogens with one attached hydrogen (secondary N) is 2. The van der Waals surface area contributed by atoms with Gasteiger partial charge in [-0.05, 0) is 42.8 Å². The minimum atomic E-state index is 0.521. The molecule has 0 saturated heterocycles. The SMILES string of the molecule is S=C(NCCCOCc1ccco1)NCCc1ccccc1. The maximum absolute atomic E-state index is 5.50. The van der Waals surface area contributed by atoms with Gasteiger partial charge in [0.05, 0.1) is 6.26 Å². The fourth-order valence-electron chi connectivity index (χ4n) is 1.97. The van der Waals surface area contributed by atoms with E-state index < -0.39 is 0 Å². The van der Waals surface area contributed by atoms with Crippen LogP contribution in [0.15, 0.2) is 53.1 Å². The van der Waals surface area contributed by atoms with Crippen molar-refractivity contribution < 1.29 is 9.15 Å². The van der Waals surface area contributed by atoms with Crippen molar-refractivity contribution in [2.75, 3.05) is 19.7 Å². The fourth-order valence-corrected chi connectivity index (χ4v) is 2.18. The van der Waals surface area contributed by atoms with E-state index in [0.29, 0.717) is 18.3 Å². The first-order valence-electron chi connectivity index (χ1n) is 7.50. The van der Waals surface area contributed by atoms with E-state index in [1.807, 2.05) is 18.2 Å². The number of ether oxygens (including phenoxy) is 1. The Kier molecular flexibility index (Phi) is 7.49. The zero-order chi connectivity index (χ0) is 15.5. The first-order chi connectivity index (χ1) is 10.8. The Labute approximate surface area is 136 Å². The second kappa shape index (κ2) is 9.97. The first-order valence-corrected chi connectivity index (χ1v) is 7.91. The Bertz CT molecular complexity index is 529. The van der Waals surface area contributed by atoms with Crippen LogP contribution < -0.4 is 10.6 Å². The highest BCUT2D eigenvalue weighted by Crippen LogP contribution is 2.01. The molecular formula is C17H22N2O2S. The number of hydrogen-bond donors (Lipinski definition) is 2. The van der Waals surface area contributed by atoms with Gasteiger partial charge in [-0.3, -0.25) is 0 Å². The Morgan fingerprint density at radius 2 is 1.86 bits per heavy atom. The Hall–Kier alpha value is -1.85. The average Bonchev–Trinajstić information content (AvgIpc) is 3.05. The number of benzene rings is 1. The van der Waals surface area contributed by atoms with Crippen molar-refractivity contribution in [3.8, 4) is 0 Å². The highest BCUT2D eigenvalue weighted by atomic mass is 32.1. The summed E-state index contributed by atoms with van der Waals surface area (Å²) in [5.41, 5.74) is 1.31. The monoisotopic (exact) mass is 318 g/mol. The molecule has 0 aliphatic heterocycles. The molecule has 5 heteroatoms. The van der Waals surface area contributed by atoms with Crippen LogP contribution in [0, 0.1) is 0 Å². The van der Waals surface area contributed by atoms with Crippen molar-refractivity contribution in [2.45, 2.75) is 19.4 Å². The summed E-state index contributed by atoms with van der Waals surface area (Å²) in [5.74, 6) is 0.853. The summed E-state index contributed by atoms with van der Waals surface area (Å²) in [5, 5.41) is 7.08. The molecule has 0 saturated carbocycles. The molecule has 1 aromatic heterocycles. The molecular weight excluding hydrogens is 296 g/mol. The van der Waals surface area contributed by atoms with Crippen LogP contribution in [0.1, 0.15) is 17.7 Å². The van der Waals surface area contributed by atoms with Crippen molar-refractivity contribution in [1.29, 1.82) is 0 Å². The quantitative estimate of drug-likeness (QED) is 0.550. The summed E-state index contributed by atoms with van der Waals surface area (Å²) in [6, 6.07) is 14.1. The van der Waals surface area contributed by atoms with Crippen molar-refractivity contribution in [3.05, 3.63) is 60.1 Å². The molecule has 2 N–H and O–H groups in total. The van der Waals surface area contributed by atoms with Crippen LogP contribution in [0.4, 0.5) is 0 Å². The van der Waals surface area contributed by atoms with Crippen LogP contribution >= 0.6 is 12.2 Å². The predicted molar refractivity (Wildman–Crippen MR) is 91.7 cm³/mol. The van der Waals surface area contributed by atoms with Gasteiger partial charge in [0.2, 0.25) is 0 Å².